The smallest absolute Gasteiger partial charge is 0.336 e. The van der Waals surface area contributed by atoms with Crippen LogP contribution in [-0.2, 0) is 13.1 Å². The van der Waals surface area contributed by atoms with Gasteiger partial charge in [0.05, 0.1) is 7.11 Å². The Kier molecular flexibility index (Phi) is 5.46. The van der Waals surface area contributed by atoms with Gasteiger partial charge in [-0.15, -0.1) is 0 Å². The lowest BCUT2D eigenvalue weighted by molar-refractivity contribution is 0.122. The summed E-state index contributed by atoms with van der Waals surface area (Å²) < 4.78 is 10.7. The largest absolute Gasteiger partial charge is 0.497 e. The molecule has 0 N–H and O–H groups in total. The van der Waals surface area contributed by atoms with Crippen molar-refractivity contribution in [2.45, 2.75) is 20.0 Å². The summed E-state index contributed by atoms with van der Waals surface area (Å²) in [4.78, 5) is 16.8. The van der Waals surface area contributed by atoms with E-state index in [1.165, 1.54) is 5.56 Å². The molecule has 1 fully saturated rings. The van der Waals surface area contributed by atoms with Crippen molar-refractivity contribution in [1.82, 2.24) is 9.80 Å². The minimum atomic E-state index is -0.273. The molecule has 0 radical (unpaired) electrons. The molecule has 5 nitrogen and oxygen atoms in total. The van der Waals surface area contributed by atoms with Gasteiger partial charge in [-0.3, -0.25) is 9.80 Å². The van der Waals surface area contributed by atoms with Gasteiger partial charge in [-0.05, 0) is 41.8 Å². The van der Waals surface area contributed by atoms with Gasteiger partial charge in [0.15, 0.2) is 0 Å². The van der Waals surface area contributed by atoms with E-state index in [4.69, 9.17) is 9.15 Å². The molecular weight excluding hydrogens is 352 g/mol. The van der Waals surface area contributed by atoms with Crippen LogP contribution in [0.4, 0.5) is 0 Å². The standard InChI is InChI=1S/C23H26N2O3/c1-17-6-7-21-19(14-23(26)28-22(21)12-17)16-25-10-8-24(9-11-25)15-18-4-3-5-20(13-18)27-2/h3-7,12-14H,8-11,15-16H2,1-2H3. The van der Waals surface area contributed by atoms with Gasteiger partial charge in [-0.1, -0.05) is 24.3 Å². The van der Waals surface area contributed by atoms with Crippen LogP contribution >= 0.6 is 0 Å². The van der Waals surface area contributed by atoms with Gasteiger partial charge in [0.1, 0.15) is 11.3 Å². The van der Waals surface area contributed by atoms with E-state index in [1.54, 1.807) is 13.2 Å². The van der Waals surface area contributed by atoms with Crippen molar-refractivity contribution in [1.29, 1.82) is 0 Å². The van der Waals surface area contributed by atoms with E-state index in [9.17, 15) is 4.79 Å². The Morgan fingerprint density at radius 3 is 2.46 bits per heavy atom. The van der Waals surface area contributed by atoms with Gasteiger partial charge in [-0.25, -0.2) is 4.79 Å². The minimum Gasteiger partial charge on any atom is -0.497 e. The molecule has 1 saturated heterocycles. The first-order valence-corrected chi connectivity index (χ1v) is 9.72. The molecule has 146 valence electrons. The number of methoxy groups -OCH3 is 1. The summed E-state index contributed by atoms with van der Waals surface area (Å²) in [5, 5.41) is 1.03. The number of fused-ring (bicyclic) bond motifs is 1. The summed E-state index contributed by atoms with van der Waals surface area (Å²) in [5.41, 5.74) is 3.82. The lowest BCUT2D eigenvalue weighted by atomic mass is 10.1. The summed E-state index contributed by atoms with van der Waals surface area (Å²) >= 11 is 0. The first-order chi connectivity index (χ1) is 13.6. The van der Waals surface area contributed by atoms with Crippen LogP contribution in [-0.4, -0.2) is 43.1 Å². The number of ether oxygens (including phenoxy) is 1. The summed E-state index contributed by atoms with van der Waals surface area (Å²) in [7, 11) is 1.70. The molecule has 0 spiro atoms. The van der Waals surface area contributed by atoms with Crippen molar-refractivity contribution in [3.8, 4) is 5.75 Å². The third-order valence-electron chi connectivity index (χ3n) is 5.38. The summed E-state index contributed by atoms with van der Waals surface area (Å²) in [5.74, 6) is 0.904. The van der Waals surface area contributed by atoms with Crippen LogP contribution in [0.2, 0.25) is 0 Å². The van der Waals surface area contributed by atoms with Crippen LogP contribution in [0.3, 0.4) is 0 Å². The maximum atomic E-state index is 12.0. The van der Waals surface area contributed by atoms with Crippen LogP contribution in [0.5, 0.6) is 5.75 Å². The molecule has 2 aromatic carbocycles. The van der Waals surface area contributed by atoms with Crippen molar-refractivity contribution in [3.05, 3.63) is 75.6 Å². The van der Waals surface area contributed by atoms with Gasteiger partial charge in [0.25, 0.3) is 0 Å². The Balaban J connectivity index is 1.41. The van der Waals surface area contributed by atoms with E-state index >= 15 is 0 Å². The number of piperazine rings is 1. The first kappa shape index (κ1) is 18.7. The molecule has 0 atom stereocenters. The van der Waals surface area contributed by atoms with Crippen molar-refractivity contribution in [2.75, 3.05) is 33.3 Å². The Morgan fingerprint density at radius 2 is 1.71 bits per heavy atom. The van der Waals surface area contributed by atoms with Crippen LogP contribution in [0, 0.1) is 6.92 Å². The Hall–Kier alpha value is -2.63. The van der Waals surface area contributed by atoms with Crippen LogP contribution in [0.25, 0.3) is 11.0 Å². The molecule has 1 aliphatic rings. The van der Waals surface area contributed by atoms with Crippen molar-refractivity contribution >= 4 is 11.0 Å². The van der Waals surface area contributed by atoms with E-state index < -0.39 is 0 Å². The second kappa shape index (κ2) is 8.17. The van der Waals surface area contributed by atoms with Gasteiger partial charge >= 0.3 is 5.63 Å². The molecule has 4 rings (SSSR count). The second-order valence-corrected chi connectivity index (χ2v) is 7.49. The Morgan fingerprint density at radius 1 is 0.964 bits per heavy atom. The highest BCUT2D eigenvalue weighted by atomic mass is 16.5. The number of hydrogen-bond donors (Lipinski definition) is 0. The average molecular weight is 378 g/mol. The van der Waals surface area contributed by atoms with Crippen molar-refractivity contribution < 1.29 is 9.15 Å². The fourth-order valence-corrected chi connectivity index (χ4v) is 3.84. The first-order valence-electron chi connectivity index (χ1n) is 9.72. The predicted molar refractivity (Wildman–Crippen MR) is 111 cm³/mol. The number of benzene rings is 2. The number of hydrogen-bond acceptors (Lipinski definition) is 5. The molecule has 5 heteroatoms. The van der Waals surface area contributed by atoms with Gasteiger partial charge < -0.3 is 9.15 Å². The molecular formula is C23H26N2O3. The third kappa shape index (κ3) is 4.26. The SMILES string of the molecule is COc1cccc(CN2CCN(Cc3cc(=O)oc4cc(C)ccc34)CC2)c1. The molecule has 0 aliphatic carbocycles. The topological polar surface area (TPSA) is 45.9 Å². The molecule has 0 bridgehead atoms. The fraction of sp³-hybridized carbons (Fsp3) is 0.348. The van der Waals surface area contributed by atoms with Gasteiger partial charge in [0.2, 0.25) is 0 Å². The average Bonchev–Trinajstić information content (AvgIpc) is 2.69. The highest BCUT2D eigenvalue weighted by Crippen LogP contribution is 2.21. The number of aryl methyl sites for hydroxylation is 1. The summed E-state index contributed by atoms with van der Waals surface area (Å²) in [6.45, 7) is 7.70. The maximum Gasteiger partial charge on any atom is 0.336 e. The number of rotatable bonds is 5. The van der Waals surface area contributed by atoms with E-state index in [0.717, 1.165) is 61.5 Å². The molecule has 0 saturated carbocycles. The molecule has 1 aromatic heterocycles. The molecule has 0 amide bonds. The summed E-state index contributed by atoms with van der Waals surface area (Å²) in [6, 6.07) is 16.0. The third-order valence-corrected chi connectivity index (χ3v) is 5.38. The van der Waals surface area contributed by atoms with Crippen molar-refractivity contribution in [3.63, 3.8) is 0 Å². The Labute approximate surface area is 165 Å². The quantitative estimate of drug-likeness (QED) is 0.637. The lowest BCUT2D eigenvalue weighted by Crippen LogP contribution is -2.45. The van der Waals surface area contributed by atoms with Gasteiger partial charge in [-0.2, -0.15) is 0 Å². The molecule has 0 unspecified atom stereocenters. The zero-order valence-corrected chi connectivity index (χ0v) is 16.5. The van der Waals surface area contributed by atoms with E-state index in [2.05, 4.69) is 34.1 Å². The van der Waals surface area contributed by atoms with Crippen LogP contribution in [0.15, 0.2) is 57.7 Å². The predicted octanol–water partition coefficient (Wildman–Crippen LogP) is 3.43. The number of nitrogens with zero attached hydrogens (tertiary/aromatic N) is 2. The molecule has 3 aromatic rings. The molecule has 28 heavy (non-hydrogen) atoms. The van der Waals surface area contributed by atoms with Crippen LogP contribution < -0.4 is 10.4 Å². The van der Waals surface area contributed by atoms with Gasteiger partial charge in [0, 0.05) is 50.7 Å². The minimum absolute atomic E-state index is 0.273. The normalized spacial score (nSPS) is 15.8. The molecule has 2 heterocycles. The van der Waals surface area contributed by atoms with E-state index in [0.29, 0.717) is 5.58 Å². The monoisotopic (exact) mass is 378 g/mol. The molecule has 1 aliphatic heterocycles. The zero-order valence-electron chi connectivity index (χ0n) is 16.5. The highest BCUT2D eigenvalue weighted by molar-refractivity contribution is 5.80. The van der Waals surface area contributed by atoms with E-state index in [1.807, 2.05) is 25.1 Å². The van der Waals surface area contributed by atoms with E-state index in [-0.39, 0.29) is 5.63 Å². The fourth-order valence-electron chi connectivity index (χ4n) is 3.84. The lowest BCUT2D eigenvalue weighted by Gasteiger charge is -2.34. The Bertz CT molecular complexity index is 1020. The summed E-state index contributed by atoms with van der Waals surface area (Å²) in [6.07, 6.45) is 0. The zero-order chi connectivity index (χ0) is 19.5. The van der Waals surface area contributed by atoms with Crippen molar-refractivity contribution in [2.24, 2.45) is 0 Å². The maximum absolute atomic E-state index is 12.0. The second-order valence-electron chi connectivity index (χ2n) is 7.49. The van der Waals surface area contributed by atoms with Crippen LogP contribution in [0.1, 0.15) is 16.7 Å². The highest BCUT2D eigenvalue weighted by Gasteiger charge is 2.18.